The van der Waals surface area contributed by atoms with Gasteiger partial charge in [-0.1, -0.05) is 6.07 Å². The zero-order valence-corrected chi connectivity index (χ0v) is 18.0. The minimum absolute atomic E-state index is 0.158. The summed E-state index contributed by atoms with van der Waals surface area (Å²) in [5, 5.41) is 15.4. The van der Waals surface area contributed by atoms with Gasteiger partial charge in [-0.15, -0.1) is 0 Å². The standard InChI is InChI=1S/C22H30FN5O2/c1-22(2,3)30-21(29)28-17-7-8-18(28)11-16(10-17)27-20(25-4)26-13-15-6-5-14(12-24)9-19(15)23/h5-6,9,16-18H,7-8,10-11,13H2,1-4H3,(H2,25,26,27). The Balaban J connectivity index is 1.55. The van der Waals surface area contributed by atoms with Gasteiger partial charge in [0.2, 0.25) is 0 Å². The number of hydrogen-bond donors (Lipinski definition) is 2. The minimum atomic E-state index is -0.502. The maximum absolute atomic E-state index is 14.1. The highest BCUT2D eigenvalue weighted by atomic mass is 19.1. The van der Waals surface area contributed by atoms with Crippen molar-refractivity contribution in [3.05, 3.63) is 35.1 Å². The number of benzene rings is 1. The molecule has 2 bridgehead atoms. The molecule has 8 heteroatoms. The lowest BCUT2D eigenvalue weighted by molar-refractivity contribution is 0.00545. The van der Waals surface area contributed by atoms with E-state index in [4.69, 9.17) is 10.00 Å². The SMILES string of the molecule is CN=C(NCc1ccc(C#N)cc1F)NC1CC2CCC(C1)N2C(=O)OC(C)(C)C. The first kappa shape index (κ1) is 21.9. The molecule has 2 N–H and O–H groups in total. The Labute approximate surface area is 177 Å². The lowest BCUT2D eigenvalue weighted by Gasteiger charge is -2.40. The second-order valence-corrected chi connectivity index (χ2v) is 8.93. The van der Waals surface area contributed by atoms with E-state index in [1.54, 1.807) is 19.2 Å². The summed E-state index contributed by atoms with van der Waals surface area (Å²) in [6.07, 6.45) is 3.37. The van der Waals surface area contributed by atoms with Crippen LogP contribution in [0.2, 0.25) is 0 Å². The van der Waals surface area contributed by atoms with Gasteiger partial charge in [0.25, 0.3) is 0 Å². The molecule has 2 heterocycles. The second-order valence-electron chi connectivity index (χ2n) is 8.93. The van der Waals surface area contributed by atoms with Crippen molar-refractivity contribution >= 4 is 12.1 Å². The molecule has 3 rings (SSSR count). The molecule has 7 nitrogen and oxygen atoms in total. The number of nitrogens with one attached hydrogen (secondary N) is 2. The average molecular weight is 416 g/mol. The van der Waals surface area contributed by atoms with E-state index in [0.717, 1.165) is 25.7 Å². The fourth-order valence-electron chi connectivity index (χ4n) is 4.23. The van der Waals surface area contributed by atoms with Gasteiger partial charge in [-0.2, -0.15) is 5.26 Å². The Morgan fingerprint density at radius 3 is 2.53 bits per heavy atom. The molecule has 162 valence electrons. The number of piperidine rings is 1. The topological polar surface area (TPSA) is 89.8 Å². The van der Waals surface area contributed by atoms with Crippen LogP contribution < -0.4 is 10.6 Å². The van der Waals surface area contributed by atoms with Crippen LogP contribution in [-0.4, -0.2) is 47.7 Å². The largest absolute Gasteiger partial charge is 0.444 e. The van der Waals surface area contributed by atoms with Crippen LogP contribution in [0, 0.1) is 17.1 Å². The number of nitriles is 1. The summed E-state index contributed by atoms with van der Waals surface area (Å²) in [7, 11) is 1.68. The minimum Gasteiger partial charge on any atom is -0.444 e. The molecule has 0 radical (unpaired) electrons. The number of carbonyl (C=O) groups is 1. The molecule has 2 atom stereocenters. The van der Waals surface area contributed by atoms with Crippen LogP contribution in [0.25, 0.3) is 0 Å². The van der Waals surface area contributed by atoms with Crippen LogP contribution in [0.4, 0.5) is 9.18 Å². The Morgan fingerprint density at radius 1 is 1.33 bits per heavy atom. The van der Waals surface area contributed by atoms with Gasteiger partial charge in [-0.25, -0.2) is 9.18 Å². The smallest absolute Gasteiger partial charge is 0.410 e. The molecule has 2 aliphatic heterocycles. The zero-order valence-electron chi connectivity index (χ0n) is 18.0. The highest BCUT2D eigenvalue weighted by molar-refractivity contribution is 5.80. The molecule has 2 fully saturated rings. The molecule has 0 saturated carbocycles. The second kappa shape index (κ2) is 8.90. The number of guanidine groups is 1. The van der Waals surface area contributed by atoms with Gasteiger partial charge in [0, 0.05) is 37.3 Å². The predicted molar refractivity (Wildman–Crippen MR) is 112 cm³/mol. The van der Waals surface area contributed by atoms with E-state index in [9.17, 15) is 9.18 Å². The predicted octanol–water partition coefficient (Wildman–Crippen LogP) is 3.29. The third-order valence-corrected chi connectivity index (χ3v) is 5.53. The van der Waals surface area contributed by atoms with E-state index in [0.29, 0.717) is 17.1 Å². The number of nitrogens with zero attached hydrogens (tertiary/aromatic N) is 3. The van der Waals surface area contributed by atoms with Gasteiger partial charge < -0.3 is 20.3 Å². The monoisotopic (exact) mass is 415 g/mol. The summed E-state index contributed by atoms with van der Waals surface area (Å²) < 4.78 is 19.7. The number of amides is 1. The fraction of sp³-hybridized carbons (Fsp3) is 0.591. The maximum Gasteiger partial charge on any atom is 0.410 e. The number of hydrogen-bond acceptors (Lipinski definition) is 4. The number of halogens is 1. The molecule has 2 unspecified atom stereocenters. The molecule has 30 heavy (non-hydrogen) atoms. The first-order chi connectivity index (χ1) is 14.2. The van der Waals surface area contributed by atoms with Gasteiger partial charge in [-0.3, -0.25) is 4.99 Å². The fourth-order valence-corrected chi connectivity index (χ4v) is 4.23. The number of aliphatic imine (C=N–C) groups is 1. The summed E-state index contributed by atoms with van der Waals surface area (Å²) in [6, 6.07) is 6.86. The molecule has 2 saturated heterocycles. The third kappa shape index (κ3) is 5.21. The number of carbonyl (C=O) groups excluding carboxylic acids is 1. The van der Waals surface area contributed by atoms with Gasteiger partial charge >= 0.3 is 6.09 Å². The van der Waals surface area contributed by atoms with Gasteiger partial charge in [0.15, 0.2) is 5.96 Å². The average Bonchev–Trinajstić information content (AvgIpc) is 2.95. The number of fused-ring (bicyclic) bond motifs is 2. The van der Waals surface area contributed by atoms with Gasteiger partial charge in [0.05, 0.1) is 11.6 Å². The van der Waals surface area contributed by atoms with Gasteiger partial charge in [-0.05, 0) is 58.6 Å². The normalized spacial score (nSPS) is 23.7. The van der Waals surface area contributed by atoms with E-state index >= 15 is 0 Å². The third-order valence-electron chi connectivity index (χ3n) is 5.53. The number of rotatable bonds is 3. The van der Waals surface area contributed by atoms with Crippen molar-refractivity contribution < 1.29 is 13.9 Å². The van der Waals surface area contributed by atoms with Crippen molar-refractivity contribution in [3.63, 3.8) is 0 Å². The summed E-state index contributed by atoms with van der Waals surface area (Å²) in [5.41, 5.74) is 0.265. The van der Waals surface area contributed by atoms with Crippen LogP contribution in [0.5, 0.6) is 0 Å². The molecule has 1 aromatic carbocycles. The van der Waals surface area contributed by atoms with Crippen LogP contribution in [-0.2, 0) is 11.3 Å². The van der Waals surface area contributed by atoms with Crippen LogP contribution in [0.3, 0.4) is 0 Å². The van der Waals surface area contributed by atoms with E-state index in [2.05, 4.69) is 15.6 Å². The molecule has 0 aliphatic carbocycles. The molecule has 2 aliphatic rings. The molecular weight excluding hydrogens is 385 g/mol. The lowest BCUT2D eigenvalue weighted by atomic mass is 9.98. The Hall–Kier alpha value is -2.82. The van der Waals surface area contributed by atoms with E-state index in [-0.39, 0.29) is 30.8 Å². The molecular formula is C22H30FN5O2. The molecule has 0 spiro atoms. The Kier molecular flexibility index (Phi) is 6.49. The van der Waals surface area contributed by atoms with Crippen LogP contribution in [0.1, 0.15) is 57.6 Å². The quantitative estimate of drug-likeness (QED) is 0.584. The van der Waals surface area contributed by atoms with Crippen molar-refractivity contribution in [2.45, 2.75) is 76.7 Å². The highest BCUT2D eigenvalue weighted by Gasteiger charge is 2.45. The van der Waals surface area contributed by atoms with Gasteiger partial charge in [0.1, 0.15) is 11.4 Å². The summed E-state index contributed by atoms with van der Waals surface area (Å²) in [5.74, 6) is 0.176. The van der Waals surface area contributed by atoms with E-state index in [1.165, 1.54) is 6.07 Å². The van der Waals surface area contributed by atoms with E-state index < -0.39 is 11.4 Å². The van der Waals surface area contributed by atoms with Crippen molar-refractivity contribution in [1.82, 2.24) is 15.5 Å². The molecule has 1 amide bonds. The van der Waals surface area contributed by atoms with Crippen molar-refractivity contribution in [3.8, 4) is 6.07 Å². The first-order valence-corrected chi connectivity index (χ1v) is 10.4. The summed E-state index contributed by atoms with van der Waals surface area (Å²) in [6.45, 7) is 5.91. The number of ether oxygens (including phenoxy) is 1. The summed E-state index contributed by atoms with van der Waals surface area (Å²) in [4.78, 5) is 18.7. The maximum atomic E-state index is 14.1. The summed E-state index contributed by atoms with van der Waals surface area (Å²) >= 11 is 0. The van der Waals surface area contributed by atoms with Crippen molar-refractivity contribution in [2.24, 2.45) is 4.99 Å². The van der Waals surface area contributed by atoms with Crippen LogP contribution >= 0.6 is 0 Å². The molecule has 0 aromatic heterocycles. The van der Waals surface area contributed by atoms with Crippen molar-refractivity contribution in [1.29, 1.82) is 5.26 Å². The Bertz CT molecular complexity index is 844. The molecule has 1 aromatic rings. The van der Waals surface area contributed by atoms with Crippen LogP contribution in [0.15, 0.2) is 23.2 Å². The Morgan fingerprint density at radius 2 is 2.00 bits per heavy atom. The zero-order chi connectivity index (χ0) is 21.9. The van der Waals surface area contributed by atoms with Crippen molar-refractivity contribution in [2.75, 3.05) is 7.05 Å². The van der Waals surface area contributed by atoms with E-state index in [1.807, 2.05) is 31.7 Å². The highest BCUT2D eigenvalue weighted by Crippen LogP contribution is 2.36. The first-order valence-electron chi connectivity index (χ1n) is 10.4. The lowest BCUT2D eigenvalue weighted by Crippen LogP contribution is -2.54.